The summed E-state index contributed by atoms with van der Waals surface area (Å²) in [7, 11) is 0. The molecule has 0 bridgehead atoms. The second-order valence-corrected chi connectivity index (χ2v) is 4.97. The van der Waals surface area contributed by atoms with E-state index in [9.17, 15) is 9.59 Å². The molecule has 5 nitrogen and oxygen atoms in total. The van der Waals surface area contributed by atoms with Crippen molar-refractivity contribution in [2.24, 2.45) is 11.8 Å². The van der Waals surface area contributed by atoms with Crippen LogP contribution in [0.2, 0.25) is 0 Å². The molecule has 1 heterocycles. The van der Waals surface area contributed by atoms with Gasteiger partial charge in [-0.05, 0) is 12.8 Å². The molecule has 18 heavy (non-hydrogen) atoms. The normalized spacial score (nSPS) is 35.9. The van der Waals surface area contributed by atoms with Crippen molar-refractivity contribution in [3.63, 3.8) is 0 Å². The molecule has 1 fully saturated rings. The number of ether oxygens (including phenoxy) is 3. The number of hydrogen-bond acceptors (Lipinski definition) is 5. The molecule has 0 saturated carbocycles. The Labute approximate surface area is 108 Å². The van der Waals surface area contributed by atoms with Gasteiger partial charge in [-0.3, -0.25) is 9.59 Å². The third-order valence-electron chi connectivity index (χ3n) is 3.60. The van der Waals surface area contributed by atoms with Gasteiger partial charge in [0.05, 0.1) is 6.10 Å². The molecule has 104 valence electrons. The summed E-state index contributed by atoms with van der Waals surface area (Å²) in [6, 6.07) is 0. The smallest absolute Gasteiger partial charge is 0.303 e. The maximum Gasteiger partial charge on any atom is 0.303 e. The number of hydrogen-bond donors (Lipinski definition) is 0. The molecule has 1 aliphatic heterocycles. The van der Waals surface area contributed by atoms with Crippen molar-refractivity contribution in [2.75, 3.05) is 6.61 Å². The molecule has 0 aliphatic carbocycles. The highest BCUT2D eigenvalue weighted by Gasteiger charge is 2.42. The zero-order chi connectivity index (χ0) is 13.9. The summed E-state index contributed by atoms with van der Waals surface area (Å²) in [5.41, 5.74) is 0. The SMILES string of the molecule is CC(=O)OCC1OC(C)C(C)C(C)C1OC(C)=O. The summed E-state index contributed by atoms with van der Waals surface area (Å²) in [6.45, 7) is 8.91. The third-order valence-corrected chi connectivity index (χ3v) is 3.60. The molecule has 5 unspecified atom stereocenters. The van der Waals surface area contributed by atoms with E-state index in [1.165, 1.54) is 13.8 Å². The number of carbonyl (C=O) groups excluding carboxylic acids is 2. The molecule has 5 atom stereocenters. The number of esters is 2. The lowest BCUT2D eigenvalue weighted by molar-refractivity contribution is -0.202. The van der Waals surface area contributed by atoms with Crippen LogP contribution in [0.3, 0.4) is 0 Å². The molecular formula is C13H22O5. The van der Waals surface area contributed by atoms with Crippen molar-refractivity contribution in [1.82, 2.24) is 0 Å². The lowest BCUT2D eigenvalue weighted by atomic mass is 9.82. The van der Waals surface area contributed by atoms with Gasteiger partial charge in [0, 0.05) is 19.8 Å². The lowest BCUT2D eigenvalue weighted by Gasteiger charge is -2.42. The van der Waals surface area contributed by atoms with Gasteiger partial charge in [-0.25, -0.2) is 0 Å². The summed E-state index contributed by atoms with van der Waals surface area (Å²) in [6.07, 6.45) is -0.709. The Morgan fingerprint density at radius 1 is 1.06 bits per heavy atom. The second kappa shape index (κ2) is 6.18. The highest BCUT2D eigenvalue weighted by molar-refractivity contribution is 5.66. The highest BCUT2D eigenvalue weighted by Crippen LogP contribution is 2.32. The Hall–Kier alpha value is -1.10. The molecule has 1 saturated heterocycles. The fourth-order valence-electron chi connectivity index (χ4n) is 2.25. The average molecular weight is 258 g/mol. The Morgan fingerprint density at radius 3 is 2.17 bits per heavy atom. The van der Waals surface area contributed by atoms with E-state index in [0.717, 1.165) is 0 Å². The molecule has 0 aromatic heterocycles. The highest BCUT2D eigenvalue weighted by atomic mass is 16.6. The minimum absolute atomic E-state index is 0.0485. The van der Waals surface area contributed by atoms with E-state index in [4.69, 9.17) is 14.2 Å². The molecule has 0 amide bonds. The minimum atomic E-state index is -0.390. The van der Waals surface area contributed by atoms with Crippen LogP contribution in [0.15, 0.2) is 0 Å². The van der Waals surface area contributed by atoms with Crippen molar-refractivity contribution in [3.8, 4) is 0 Å². The van der Waals surface area contributed by atoms with Crippen LogP contribution in [0.25, 0.3) is 0 Å². The molecule has 1 aliphatic rings. The molecule has 0 radical (unpaired) electrons. The number of carbonyl (C=O) groups is 2. The summed E-state index contributed by atoms with van der Waals surface area (Å²) in [5.74, 6) is -0.259. The Balaban J connectivity index is 2.75. The van der Waals surface area contributed by atoms with Crippen molar-refractivity contribution >= 4 is 11.9 Å². The number of rotatable bonds is 3. The van der Waals surface area contributed by atoms with Crippen LogP contribution >= 0.6 is 0 Å². The van der Waals surface area contributed by atoms with Gasteiger partial charge in [0.25, 0.3) is 0 Å². The summed E-state index contributed by atoms with van der Waals surface area (Å²) in [4.78, 5) is 22.0. The van der Waals surface area contributed by atoms with E-state index in [-0.39, 0.29) is 48.7 Å². The van der Waals surface area contributed by atoms with E-state index in [2.05, 4.69) is 6.92 Å². The Kier molecular flexibility index (Phi) is 5.14. The second-order valence-electron chi connectivity index (χ2n) is 4.97. The fourth-order valence-corrected chi connectivity index (χ4v) is 2.25. The molecule has 0 aromatic carbocycles. The van der Waals surface area contributed by atoms with Gasteiger partial charge < -0.3 is 14.2 Å². The Morgan fingerprint density at radius 2 is 1.67 bits per heavy atom. The topological polar surface area (TPSA) is 61.8 Å². The molecular weight excluding hydrogens is 236 g/mol. The minimum Gasteiger partial charge on any atom is -0.463 e. The first-order valence-electron chi connectivity index (χ1n) is 6.29. The molecule has 0 aromatic rings. The summed E-state index contributed by atoms with van der Waals surface area (Å²) in [5, 5.41) is 0. The predicted molar refractivity (Wildman–Crippen MR) is 64.9 cm³/mol. The van der Waals surface area contributed by atoms with Gasteiger partial charge in [0.15, 0.2) is 0 Å². The van der Waals surface area contributed by atoms with E-state index < -0.39 is 0 Å². The zero-order valence-electron chi connectivity index (χ0n) is 11.6. The van der Waals surface area contributed by atoms with Crippen LogP contribution in [-0.2, 0) is 23.8 Å². The molecule has 0 spiro atoms. The van der Waals surface area contributed by atoms with Crippen LogP contribution in [0.4, 0.5) is 0 Å². The monoisotopic (exact) mass is 258 g/mol. The fraction of sp³-hybridized carbons (Fsp3) is 0.846. The van der Waals surface area contributed by atoms with Crippen LogP contribution < -0.4 is 0 Å². The van der Waals surface area contributed by atoms with Crippen LogP contribution in [0, 0.1) is 11.8 Å². The maximum absolute atomic E-state index is 11.1. The van der Waals surface area contributed by atoms with Gasteiger partial charge in [-0.1, -0.05) is 13.8 Å². The van der Waals surface area contributed by atoms with E-state index >= 15 is 0 Å². The van der Waals surface area contributed by atoms with Crippen molar-refractivity contribution in [2.45, 2.75) is 52.9 Å². The first-order valence-corrected chi connectivity index (χ1v) is 6.29. The molecule has 5 heteroatoms. The van der Waals surface area contributed by atoms with Gasteiger partial charge in [0.2, 0.25) is 0 Å². The standard InChI is InChI=1S/C13H22O5/c1-7-8(2)13(18-11(5)15)12(17-9(7)3)6-16-10(4)14/h7-9,12-13H,6H2,1-5H3. The Bertz CT molecular complexity index is 315. The van der Waals surface area contributed by atoms with Crippen molar-refractivity contribution in [1.29, 1.82) is 0 Å². The van der Waals surface area contributed by atoms with Crippen LogP contribution in [0.5, 0.6) is 0 Å². The van der Waals surface area contributed by atoms with Gasteiger partial charge in [-0.15, -0.1) is 0 Å². The summed E-state index contributed by atoms with van der Waals surface area (Å²) < 4.78 is 16.1. The van der Waals surface area contributed by atoms with E-state index in [0.29, 0.717) is 0 Å². The van der Waals surface area contributed by atoms with Crippen molar-refractivity contribution < 1.29 is 23.8 Å². The van der Waals surface area contributed by atoms with Crippen LogP contribution in [0.1, 0.15) is 34.6 Å². The largest absolute Gasteiger partial charge is 0.463 e. The zero-order valence-corrected chi connectivity index (χ0v) is 11.6. The molecule has 1 rings (SSSR count). The average Bonchev–Trinajstić information content (AvgIpc) is 2.27. The van der Waals surface area contributed by atoms with Crippen molar-refractivity contribution in [3.05, 3.63) is 0 Å². The van der Waals surface area contributed by atoms with Crippen LogP contribution in [-0.4, -0.2) is 36.9 Å². The van der Waals surface area contributed by atoms with E-state index in [1.807, 2.05) is 13.8 Å². The lowest BCUT2D eigenvalue weighted by Crippen LogP contribution is -2.52. The first kappa shape index (κ1) is 15.0. The third kappa shape index (κ3) is 3.70. The molecule has 0 N–H and O–H groups in total. The van der Waals surface area contributed by atoms with E-state index in [1.54, 1.807) is 0 Å². The summed E-state index contributed by atoms with van der Waals surface area (Å²) >= 11 is 0. The van der Waals surface area contributed by atoms with Gasteiger partial charge in [-0.2, -0.15) is 0 Å². The quantitative estimate of drug-likeness (QED) is 0.719. The predicted octanol–water partition coefficient (Wildman–Crippen LogP) is 1.54. The first-order chi connectivity index (χ1) is 8.32. The maximum atomic E-state index is 11.1. The van der Waals surface area contributed by atoms with Gasteiger partial charge >= 0.3 is 11.9 Å². The van der Waals surface area contributed by atoms with Gasteiger partial charge in [0.1, 0.15) is 18.8 Å².